The Hall–Kier alpha value is -3.74. The molecule has 4 aromatic rings. The Bertz CT molecular complexity index is 1560. The van der Waals surface area contributed by atoms with Crippen molar-refractivity contribution in [3.63, 3.8) is 0 Å². The molecule has 6 nitrogen and oxygen atoms in total. The number of allylic oxidation sites excluding steroid dienone is 4. The van der Waals surface area contributed by atoms with Crippen LogP contribution in [0.5, 0.6) is 0 Å². The number of hydrogen-bond acceptors (Lipinski definition) is 5. The third-order valence-electron chi connectivity index (χ3n) is 7.75. The number of nitrogens with one attached hydrogen (secondary N) is 2. The highest BCUT2D eigenvalue weighted by atomic mass is 16.3. The highest BCUT2D eigenvalue weighted by Gasteiger charge is 2.22. The summed E-state index contributed by atoms with van der Waals surface area (Å²) in [6, 6.07) is 18.9. The largest absolute Gasteiger partial charge is 0.395 e. The maximum absolute atomic E-state index is 11.1. The number of nitrogens with zero attached hydrogens (tertiary/aromatic N) is 2. The second-order valence-electron chi connectivity index (χ2n) is 9.98. The lowest BCUT2D eigenvalue weighted by atomic mass is 9.79. The van der Waals surface area contributed by atoms with Crippen LogP contribution in [0.3, 0.4) is 0 Å². The van der Waals surface area contributed by atoms with Crippen LogP contribution >= 0.6 is 0 Å². The Morgan fingerprint density at radius 3 is 2.84 bits per heavy atom. The first kappa shape index (κ1) is 23.6. The first-order valence-electron chi connectivity index (χ1n) is 13.2. The van der Waals surface area contributed by atoms with E-state index >= 15 is 0 Å². The van der Waals surface area contributed by atoms with Crippen LogP contribution in [0.4, 0.5) is 5.69 Å². The lowest BCUT2D eigenvalue weighted by Gasteiger charge is -2.34. The van der Waals surface area contributed by atoms with Crippen LogP contribution in [-0.2, 0) is 6.42 Å². The predicted octanol–water partition coefficient (Wildman–Crippen LogP) is 4.58. The van der Waals surface area contributed by atoms with Gasteiger partial charge in [0.15, 0.2) is 0 Å². The van der Waals surface area contributed by atoms with Gasteiger partial charge in [-0.05, 0) is 77.4 Å². The molecule has 3 aromatic carbocycles. The average molecular weight is 493 g/mol. The number of hydrogen-bond donors (Lipinski definition) is 3. The zero-order valence-corrected chi connectivity index (χ0v) is 20.9. The van der Waals surface area contributed by atoms with Crippen molar-refractivity contribution >= 4 is 32.9 Å². The molecule has 1 aromatic heterocycles. The van der Waals surface area contributed by atoms with E-state index in [1.165, 1.54) is 65.2 Å². The Labute approximate surface area is 216 Å². The summed E-state index contributed by atoms with van der Waals surface area (Å²) in [5.41, 5.74) is 8.01. The highest BCUT2D eigenvalue weighted by molar-refractivity contribution is 5.95. The monoisotopic (exact) mass is 492 g/mol. The van der Waals surface area contributed by atoms with Crippen molar-refractivity contribution < 1.29 is 5.11 Å². The van der Waals surface area contributed by atoms with Crippen LogP contribution in [0.25, 0.3) is 27.2 Å². The standard InChI is InChI=1S/C23H26N2O.C8H6N2O/c26-15-18-14-25(12-11-24-18)19-7-10-21-17(13-19)6-9-22-20-4-2-1-3-16(20)5-8-23(21)22;11-8-6-3-1-2-4-7(6)9-5-10-8/h2,4,6-7,9-10,13,18,24,26H,1,3,5,8,11-12,14-15H2;1-5H,(H,9,10,11). The maximum Gasteiger partial charge on any atom is 0.258 e. The number of benzene rings is 3. The van der Waals surface area contributed by atoms with Crippen molar-refractivity contribution in [2.75, 3.05) is 31.1 Å². The molecule has 37 heavy (non-hydrogen) atoms. The molecular formula is C31H32N4O2. The molecule has 1 fully saturated rings. The number of aryl methyl sites for hydroxylation is 1. The number of aliphatic hydroxyl groups is 1. The molecule has 0 bridgehead atoms. The molecule has 1 atom stereocenters. The fraction of sp³-hybridized carbons (Fsp3) is 0.290. The number of para-hydroxylation sites is 1. The molecule has 1 unspecified atom stereocenters. The summed E-state index contributed by atoms with van der Waals surface area (Å²) in [4.78, 5) is 20.0. The molecule has 3 aliphatic rings. The molecular weight excluding hydrogens is 460 g/mol. The fourth-order valence-corrected chi connectivity index (χ4v) is 5.83. The second-order valence-corrected chi connectivity index (χ2v) is 9.98. The summed E-state index contributed by atoms with van der Waals surface area (Å²) >= 11 is 0. The molecule has 0 amide bonds. The lowest BCUT2D eigenvalue weighted by Crippen LogP contribution is -2.52. The SMILES string of the molecule is O=c1[nH]cnc2ccccc12.OCC1CN(c2ccc3c4c(ccc3c2)C2=C(CCC=C2)CC4)CCN1. The Morgan fingerprint density at radius 1 is 1.03 bits per heavy atom. The summed E-state index contributed by atoms with van der Waals surface area (Å²) in [6.07, 6.45) is 10.9. The van der Waals surface area contributed by atoms with Gasteiger partial charge in [-0.1, -0.05) is 48.1 Å². The minimum atomic E-state index is -0.0874. The third-order valence-corrected chi connectivity index (χ3v) is 7.75. The van der Waals surface area contributed by atoms with E-state index in [4.69, 9.17) is 0 Å². The van der Waals surface area contributed by atoms with Crippen molar-refractivity contribution in [3.8, 4) is 0 Å². The zero-order chi connectivity index (χ0) is 25.2. The number of piperazine rings is 1. The second kappa shape index (κ2) is 10.3. The summed E-state index contributed by atoms with van der Waals surface area (Å²) in [7, 11) is 0. The van der Waals surface area contributed by atoms with E-state index in [0.29, 0.717) is 5.39 Å². The van der Waals surface area contributed by atoms with Gasteiger partial charge >= 0.3 is 0 Å². The van der Waals surface area contributed by atoms with E-state index in [-0.39, 0.29) is 18.2 Å². The minimum absolute atomic E-state index is 0.0874. The Morgan fingerprint density at radius 2 is 1.95 bits per heavy atom. The van der Waals surface area contributed by atoms with E-state index in [0.717, 1.165) is 25.2 Å². The minimum Gasteiger partial charge on any atom is -0.395 e. The van der Waals surface area contributed by atoms with Crippen molar-refractivity contribution in [2.24, 2.45) is 0 Å². The molecule has 3 N–H and O–H groups in total. The van der Waals surface area contributed by atoms with Crippen LogP contribution in [-0.4, -0.2) is 47.4 Å². The third kappa shape index (κ3) is 4.70. The van der Waals surface area contributed by atoms with E-state index in [2.05, 4.69) is 62.7 Å². The van der Waals surface area contributed by atoms with Gasteiger partial charge in [-0.3, -0.25) is 4.79 Å². The van der Waals surface area contributed by atoms with Gasteiger partial charge in [0.1, 0.15) is 0 Å². The predicted molar refractivity (Wildman–Crippen MR) is 151 cm³/mol. The molecule has 0 saturated carbocycles. The Balaban J connectivity index is 0.000000191. The van der Waals surface area contributed by atoms with Crippen molar-refractivity contribution in [2.45, 2.75) is 31.7 Å². The highest BCUT2D eigenvalue weighted by Crippen LogP contribution is 2.40. The number of aromatic amines is 1. The molecule has 188 valence electrons. The van der Waals surface area contributed by atoms with Gasteiger partial charge in [0, 0.05) is 31.4 Å². The van der Waals surface area contributed by atoms with Crippen LogP contribution < -0.4 is 15.8 Å². The number of fused-ring (bicyclic) bond motifs is 5. The van der Waals surface area contributed by atoms with Gasteiger partial charge in [-0.15, -0.1) is 0 Å². The smallest absolute Gasteiger partial charge is 0.258 e. The maximum atomic E-state index is 11.1. The van der Waals surface area contributed by atoms with Crippen LogP contribution in [0.1, 0.15) is 30.4 Å². The van der Waals surface area contributed by atoms with Gasteiger partial charge < -0.3 is 20.3 Å². The van der Waals surface area contributed by atoms with Crippen molar-refractivity contribution in [1.29, 1.82) is 0 Å². The Kier molecular flexibility index (Phi) is 6.60. The molecule has 0 radical (unpaired) electrons. The van der Waals surface area contributed by atoms with E-state index in [1.807, 2.05) is 18.2 Å². The van der Waals surface area contributed by atoms with Crippen LogP contribution in [0.2, 0.25) is 0 Å². The average Bonchev–Trinajstić information content (AvgIpc) is 2.97. The molecule has 6 heteroatoms. The molecule has 0 spiro atoms. The van der Waals surface area contributed by atoms with Gasteiger partial charge in [-0.25, -0.2) is 4.98 Å². The topological polar surface area (TPSA) is 81.2 Å². The summed E-state index contributed by atoms with van der Waals surface area (Å²) in [5, 5.41) is 16.2. The molecule has 2 heterocycles. The number of aliphatic hydroxyl groups excluding tert-OH is 1. The number of H-pyrrole nitrogens is 1. The first-order chi connectivity index (χ1) is 18.2. The summed E-state index contributed by atoms with van der Waals surface area (Å²) in [6.45, 7) is 2.99. The van der Waals surface area contributed by atoms with Gasteiger partial charge in [0.25, 0.3) is 5.56 Å². The fourth-order valence-electron chi connectivity index (χ4n) is 5.83. The number of rotatable bonds is 2. The van der Waals surface area contributed by atoms with Gasteiger partial charge in [0.2, 0.25) is 0 Å². The normalized spacial score (nSPS) is 18.8. The molecule has 1 saturated heterocycles. The van der Waals surface area contributed by atoms with E-state index < -0.39 is 0 Å². The van der Waals surface area contributed by atoms with E-state index in [1.54, 1.807) is 11.6 Å². The van der Waals surface area contributed by atoms with Crippen molar-refractivity contribution in [1.82, 2.24) is 15.3 Å². The zero-order valence-electron chi connectivity index (χ0n) is 20.9. The van der Waals surface area contributed by atoms with Gasteiger partial charge in [-0.2, -0.15) is 0 Å². The van der Waals surface area contributed by atoms with Crippen molar-refractivity contribution in [3.05, 3.63) is 100 Å². The summed E-state index contributed by atoms with van der Waals surface area (Å²) in [5.74, 6) is 0. The van der Waals surface area contributed by atoms with E-state index in [9.17, 15) is 9.90 Å². The molecule has 2 aliphatic carbocycles. The number of aromatic nitrogens is 2. The van der Waals surface area contributed by atoms with Gasteiger partial charge in [0.05, 0.1) is 23.8 Å². The summed E-state index contributed by atoms with van der Waals surface area (Å²) < 4.78 is 0. The number of anilines is 1. The molecule has 1 aliphatic heterocycles. The first-order valence-corrected chi connectivity index (χ1v) is 13.2. The molecule has 7 rings (SSSR count). The van der Waals surface area contributed by atoms with Crippen LogP contribution in [0, 0.1) is 0 Å². The quantitative estimate of drug-likeness (QED) is 0.382. The lowest BCUT2D eigenvalue weighted by molar-refractivity contribution is 0.236. The van der Waals surface area contributed by atoms with Crippen LogP contribution in [0.15, 0.2) is 83.4 Å².